The Labute approximate surface area is 113 Å². The number of hydrogen-bond acceptors (Lipinski definition) is 3. The van der Waals surface area contributed by atoms with Crippen LogP contribution in [0.3, 0.4) is 0 Å². The third-order valence-corrected chi connectivity index (χ3v) is 3.80. The average molecular weight is 265 g/mol. The predicted octanol–water partition coefficient (Wildman–Crippen LogP) is 2.82. The van der Waals surface area contributed by atoms with Gasteiger partial charge in [0.25, 0.3) is 0 Å². The largest absolute Gasteiger partial charge is 0.381 e. The van der Waals surface area contributed by atoms with Gasteiger partial charge in [-0.15, -0.1) is 0 Å². The van der Waals surface area contributed by atoms with Crippen LogP contribution in [0.15, 0.2) is 18.2 Å². The smallest absolute Gasteiger partial charge is 0.0992 e. The summed E-state index contributed by atoms with van der Waals surface area (Å²) in [5.74, 6) is 0. The minimum Gasteiger partial charge on any atom is -0.381 e. The highest BCUT2D eigenvalue weighted by molar-refractivity contribution is 6.31. The lowest BCUT2D eigenvalue weighted by atomic mass is 10.1. The van der Waals surface area contributed by atoms with E-state index in [1.165, 1.54) is 0 Å². The zero-order valence-electron chi connectivity index (χ0n) is 10.5. The summed E-state index contributed by atoms with van der Waals surface area (Å²) in [6.45, 7) is 2.92. The minimum atomic E-state index is 0.401. The molecule has 1 fully saturated rings. The van der Waals surface area contributed by atoms with Gasteiger partial charge in [-0.25, -0.2) is 0 Å². The van der Waals surface area contributed by atoms with Gasteiger partial charge in [-0.3, -0.25) is 4.90 Å². The van der Waals surface area contributed by atoms with E-state index in [1.807, 2.05) is 12.1 Å². The van der Waals surface area contributed by atoms with Gasteiger partial charge in [0, 0.05) is 31.8 Å². The molecule has 1 aromatic carbocycles. The molecular weight excluding hydrogens is 248 g/mol. The van der Waals surface area contributed by atoms with E-state index in [-0.39, 0.29) is 0 Å². The van der Waals surface area contributed by atoms with Gasteiger partial charge in [-0.1, -0.05) is 17.7 Å². The third kappa shape index (κ3) is 3.23. The molecular formula is C14H17ClN2O. The van der Waals surface area contributed by atoms with E-state index in [0.717, 1.165) is 38.0 Å². The van der Waals surface area contributed by atoms with Crippen molar-refractivity contribution in [2.24, 2.45) is 0 Å². The Hall–Kier alpha value is -1.08. The van der Waals surface area contributed by atoms with Crippen molar-refractivity contribution < 1.29 is 4.74 Å². The van der Waals surface area contributed by atoms with Crippen LogP contribution in [0.1, 0.15) is 24.0 Å². The highest BCUT2D eigenvalue weighted by Crippen LogP contribution is 2.21. The topological polar surface area (TPSA) is 36.3 Å². The van der Waals surface area contributed by atoms with Crippen LogP contribution in [0.4, 0.5) is 0 Å². The second-order valence-electron chi connectivity index (χ2n) is 4.63. The number of methoxy groups -OCH3 is 1. The van der Waals surface area contributed by atoms with E-state index < -0.39 is 0 Å². The number of likely N-dealkylation sites (tertiary alicyclic amines) is 1. The summed E-state index contributed by atoms with van der Waals surface area (Å²) >= 11 is 6.18. The zero-order valence-corrected chi connectivity index (χ0v) is 11.3. The number of piperidine rings is 1. The Morgan fingerprint density at radius 3 is 2.72 bits per heavy atom. The molecule has 0 radical (unpaired) electrons. The first kappa shape index (κ1) is 13.4. The van der Waals surface area contributed by atoms with Crippen LogP contribution in [-0.2, 0) is 11.3 Å². The molecule has 2 rings (SSSR count). The Bertz CT molecular complexity index is 448. The molecule has 0 atom stereocenters. The molecule has 0 unspecified atom stereocenters. The SMILES string of the molecule is COC1CCN(Cc2ccc(C#N)cc2Cl)CC1. The number of halogens is 1. The zero-order chi connectivity index (χ0) is 13.0. The fraction of sp³-hybridized carbons (Fsp3) is 0.500. The molecule has 18 heavy (non-hydrogen) atoms. The van der Waals surface area contributed by atoms with Gasteiger partial charge in [0.05, 0.1) is 17.7 Å². The first-order valence-electron chi connectivity index (χ1n) is 6.16. The van der Waals surface area contributed by atoms with Gasteiger partial charge in [-0.05, 0) is 30.5 Å². The molecule has 4 heteroatoms. The summed E-state index contributed by atoms with van der Waals surface area (Å²) in [6.07, 6.45) is 2.55. The first-order valence-corrected chi connectivity index (χ1v) is 6.54. The number of hydrogen-bond donors (Lipinski definition) is 0. The van der Waals surface area contributed by atoms with Gasteiger partial charge in [0.1, 0.15) is 0 Å². The summed E-state index contributed by atoms with van der Waals surface area (Å²) < 4.78 is 5.35. The summed E-state index contributed by atoms with van der Waals surface area (Å²) in [6, 6.07) is 7.60. The van der Waals surface area contributed by atoms with Crippen LogP contribution >= 0.6 is 11.6 Å². The maximum atomic E-state index is 8.80. The van der Waals surface area contributed by atoms with Crippen LogP contribution in [0.25, 0.3) is 0 Å². The molecule has 1 aromatic rings. The second-order valence-corrected chi connectivity index (χ2v) is 5.04. The maximum absolute atomic E-state index is 8.80. The molecule has 0 saturated carbocycles. The summed E-state index contributed by atoms with van der Waals surface area (Å²) in [7, 11) is 1.78. The van der Waals surface area contributed by atoms with Gasteiger partial charge in [0.15, 0.2) is 0 Å². The van der Waals surface area contributed by atoms with Gasteiger partial charge >= 0.3 is 0 Å². The van der Waals surface area contributed by atoms with Crippen LogP contribution in [-0.4, -0.2) is 31.2 Å². The summed E-state index contributed by atoms with van der Waals surface area (Å²) in [5.41, 5.74) is 1.70. The number of nitrogens with zero attached hydrogens (tertiary/aromatic N) is 2. The van der Waals surface area contributed by atoms with E-state index in [4.69, 9.17) is 21.6 Å². The molecule has 0 amide bonds. The van der Waals surface area contributed by atoms with Crippen molar-refractivity contribution in [3.05, 3.63) is 34.3 Å². The number of benzene rings is 1. The van der Waals surface area contributed by atoms with Crippen molar-refractivity contribution in [1.29, 1.82) is 5.26 Å². The summed E-state index contributed by atoms with van der Waals surface area (Å²) in [5, 5.41) is 9.48. The minimum absolute atomic E-state index is 0.401. The number of nitriles is 1. The molecule has 0 aromatic heterocycles. The van der Waals surface area contributed by atoms with E-state index >= 15 is 0 Å². The fourth-order valence-electron chi connectivity index (χ4n) is 2.29. The van der Waals surface area contributed by atoms with Crippen LogP contribution in [0.2, 0.25) is 5.02 Å². The normalized spacial score (nSPS) is 17.6. The number of ether oxygens (including phenoxy) is 1. The van der Waals surface area contributed by atoms with Crippen LogP contribution in [0, 0.1) is 11.3 Å². The van der Waals surface area contributed by atoms with Crippen molar-refractivity contribution in [2.75, 3.05) is 20.2 Å². The van der Waals surface area contributed by atoms with Crippen molar-refractivity contribution in [3.63, 3.8) is 0 Å². The molecule has 1 aliphatic rings. The van der Waals surface area contributed by atoms with E-state index in [9.17, 15) is 0 Å². The monoisotopic (exact) mass is 264 g/mol. The molecule has 0 spiro atoms. The average Bonchev–Trinajstić information content (AvgIpc) is 2.42. The maximum Gasteiger partial charge on any atom is 0.0992 e. The molecule has 96 valence electrons. The first-order chi connectivity index (χ1) is 8.72. The fourth-order valence-corrected chi connectivity index (χ4v) is 2.53. The standard InChI is InChI=1S/C14H17ClN2O/c1-18-13-4-6-17(7-5-13)10-12-3-2-11(9-16)8-14(12)15/h2-3,8,13H,4-7,10H2,1H3. The quantitative estimate of drug-likeness (QED) is 0.842. The molecule has 1 aliphatic heterocycles. The van der Waals surface area contributed by atoms with Gasteiger partial charge < -0.3 is 4.74 Å². The molecule has 0 aliphatic carbocycles. The molecule has 3 nitrogen and oxygen atoms in total. The Morgan fingerprint density at radius 2 is 2.17 bits per heavy atom. The van der Waals surface area contributed by atoms with E-state index in [1.54, 1.807) is 13.2 Å². The lowest BCUT2D eigenvalue weighted by molar-refractivity contribution is 0.0389. The van der Waals surface area contributed by atoms with Crippen molar-refractivity contribution in [3.8, 4) is 6.07 Å². The van der Waals surface area contributed by atoms with Gasteiger partial charge in [0.2, 0.25) is 0 Å². The van der Waals surface area contributed by atoms with Crippen molar-refractivity contribution >= 4 is 11.6 Å². The van der Waals surface area contributed by atoms with Crippen LogP contribution in [0.5, 0.6) is 0 Å². The molecule has 0 bridgehead atoms. The van der Waals surface area contributed by atoms with Gasteiger partial charge in [-0.2, -0.15) is 5.26 Å². The second kappa shape index (κ2) is 6.19. The predicted molar refractivity (Wildman–Crippen MR) is 71.5 cm³/mol. The number of rotatable bonds is 3. The lowest BCUT2D eigenvalue weighted by Crippen LogP contribution is -2.36. The highest BCUT2D eigenvalue weighted by Gasteiger charge is 2.19. The highest BCUT2D eigenvalue weighted by atomic mass is 35.5. The Kier molecular flexibility index (Phi) is 4.60. The Morgan fingerprint density at radius 1 is 1.44 bits per heavy atom. The van der Waals surface area contributed by atoms with Crippen molar-refractivity contribution in [1.82, 2.24) is 4.90 Å². The Balaban J connectivity index is 1.96. The van der Waals surface area contributed by atoms with Crippen LogP contribution < -0.4 is 0 Å². The molecule has 1 saturated heterocycles. The lowest BCUT2D eigenvalue weighted by Gasteiger charge is -2.31. The van der Waals surface area contributed by atoms with E-state index in [2.05, 4.69) is 11.0 Å². The molecule has 1 heterocycles. The summed E-state index contributed by atoms with van der Waals surface area (Å²) in [4.78, 5) is 2.38. The molecule has 0 N–H and O–H groups in total. The van der Waals surface area contributed by atoms with E-state index in [0.29, 0.717) is 16.7 Å². The van der Waals surface area contributed by atoms with Crippen molar-refractivity contribution in [2.45, 2.75) is 25.5 Å². The third-order valence-electron chi connectivity index (χ3n) is 3.44.